The third-order valence-corrected chi connectivity index (χ3v) is 23.0. The van der Waals surface area contributed by atoms with Crippen molar-refractivity contribution in [2.45, 2.75) is 490 Å². The van der Waals surface area contributed by atoms with Gasteiger partial charge in [0, 0.05) is 25.7 Å². The van der Waals surface area contributed by atoms with Crippen LogP contribution in [0.25, 0.3) is 0 Å². The first-order valence-corrected chi connectivity index (χ1v) is 48.5. The number of phosphoric ester groups is 2. The second-order valence-corrected chi connectivity index (χ2v) is 35.3. The molecule has 636 valence electrons. The van der Waals surface area contributed by atoms with Crippen LogP contribution in [0.3, 0.4) is 0 Å². The van der Waals surface area contributed by atoms with Gasteiger partial charge in [0.25, 0.3) is 0 Å². The van der Waals surface area contributed by atoms with Crippen LogP contribution in [0.1, 0.15) is 472 Å². The van der Waals surface area contributed by atoms with E-state index in [1.54, 1.807) is 0 Å². The molecule has 19 heteroatoms. The van der Waals surface area contributed by atoms with Gasteiger partial charge in [0.1, 0.15) is 19.3 Å². The first-order valence-electron chi connectivity index (χ1n) is 45.5. The SMILES string of the molecule is CCCCCCCCCCCCCCCCCCCCCCCCC(=O)O[C@H](COC(=O)CCCCCCCCCCCCCCCCC(C)CC)COP(=O)(O)OC[C@@H](O)COP(=O)(O)OC[C@@H](COC(=O)CCCCCCCCCCCCCCC)OC(=O)CCCCCCCCCCCCCC(C)C. The topological polar surface area (TPSA) is 237 Å². The van der Waals surface area contributed by atoms with Crippen molar-refractivity contribution in [1.29, 1.82) is 0 Å². The minimum absolute atomic E-state index is 0.107. The normalized spacial score (nSPS) is 14.0. The second kappa shape index (κ2) is 79.3. The van der Waals surface area contributed by atoms with Crippen LogP contribution in [0.4, 0.5) is 0 Å². The van der Waals surface area contributed by atoms with Gasteiger partial charge in [-0.1, -0.05) is 420 Å². The van der Waals surface area contributed by atoms with E-state index in [2.05, 4.69) is 41.5 Å². The highest BCUT2D eigenvalue weighted by molar-refractivity contribution is 7.47. The van der Waals surface area contributed by atoms with Crippen LogP contribution in [0.2, 0.25) is 0 Å². The number of aliphatic hydroxyl groups excluding tert-OH is 1. The molecule has 6 atom stereocenters. The zero-order valence-corrected chi connectivity index (χ0v) is 72.2. The summed E-state index contributed by atoms with van der Waals surface area (Å²) < 4.78 is 69.0. The van der Waals surface area contributed by atoms with E-state index in [1.165, 1.54) is 289 Å². The minimum Gasteiger partial charge on any atom is -0.462 e. The van der Waals surface area contributed by atoms with Crippen molar-refractivity contribution in [3.8, 4) is 0 Å². The molecule has 0 radical (unpaired) electrons. The minimum atomic E-state index is -4.97. The number of esters is 4. The lowest BCUT2D eigenvalue weighted by molar-refractivity contribution is -0.161. The summed E-state index contributed by atoms with van der Waals surface area (Å²) >= 11 is 0. The smallest absolute Gasteiger partial charge is 0.462 e. The third-order valence-electron chi connectivity index (χ3n) is 21.1. The fourth-order valence-corrected chi connectivity index (χ4v) is 15.3. The average molecular weight is 1560 g/mol. The van der Waals surface area contributed by atoms with Gasteiger partial charge < -0.3 is 33.8 Å². The van der Waals surface area contributed by atoms with E-state index in [4.69, 9.17) is 37.0 Å². The van der Waals surface area contributed by atoms with E-state index in [1.807, 2.05) is 0 Å². The van der Waals surface area contributed by atoms with Gasteiger partial charge >= 0.3 is 39.5 Å². The number of hydrogen-bond acceptors (Lipinski definition) is 15. The molecule has 3 unspecified atom stereocenters. The molecule has 107 heavy (non-hydrogen) atoms. The molecule has 0 aliphatic rings. The van der Waals surface area contributed by atoms with E-state index < -0.39 is 97.5 Å². The predicted octanol–water partition coefficient (Wildman–Crippen LogP) is 27.0. The van der Waals surface area contributed by atoms with Gasteiger partial charge in [-0.2, -0.15) is 0 Å². The van der Waals surface area contributed by atoms with Crippen LogP contribution >= 0.6 is 15.6 Å². The number of carbonyl (C=O) groups is 4. The Morgan fingerprint density at radius 1 is 0.271 bits per heavy atom. The van der Waals surface area contributed by atoms with Crippen LogP contribution in [-0.2, 0) is 65.4 Å². The van der Waals surface area contributed by atoms with Gasteiger partial charge in [0.2, 0.25) is 0 Å². The van der Waals surface area contributed by atoms with Crippen LogP contribution in [0.5, 0.6) is 0 Å². The number of unbranched alkanes of at least 4 members (excludes halogenated alkanes) is 56. The fourth-order valence-electron chi connectivity index (χ4n) is 13.7. The van der Waals surface area contributed by atoms with E-state index in [0.29, 0.717) is 25.7 Å². The number of phosphoric acid groups is 2. The first-order chi connectivity index (χ1) is 51.9. The molecule has 0 saturated heterocycles. The molecule has 0 fully saturated rings. The fraction of sp³-hybridized carbons (Fsp3) is 0.955. The monoisotopic (exact) mass is 1560 g/mol. The Labute approximate surface area is 658 Å². The second-order valence-electron chi connectivity index (χ2n) is 32.4. The highest BCUT2D eigenvalue weighted by atomic mass is 31.2. The van der Waals surface area contributed by atoms with Crippen molar-refractivity contribution in [1.82, 2.24) is 0 Å². The molecule has 0 saturated carbocycles. The summed E-state index contributed by atoms with van der Waals surface area (Å²) in [5.74, 6) is -0.484. The average Bonchev–Trinajstić information content (AvgIpc) is 0.897. The number of carbonyl (C=O) groups excluding carboxylic acids is 4. The van der Waals surface area contributed by atoms with E-state index >= 15 is 0 Å². The largest absolute Gasteiger partial charge is 0.472 e. The van der Waals surface area contributed by atoms with E-state index in [9.17, 15) is 43.2 Å². The van der Waals surface area contributed by atoms with Gasteiger partial charge in [0.05, 0.1) is 26.4 Å². The molecule has 17 nitrogen and oxygen atoms in total. The molecule has 0 spiro atoms. The lowest BCUT2D eigenvalue weighted by atomic mass is 9.99. The molecule has 0 aromatic carbocycles. The van der Waals surface area contributed by atoms with Gasteiger partial charge in [0.15, 0.2) is 12.2 Å². The molecule has 0 amide bonds. The highest BCUT2D eigenvalue weighted by Gasteiger charge is 2.31. The van der Waals surface area contributed by atoms with Crippen LogP contribution in [0.15, 0.2) is 0 Å². The molecule has 0 bridgehead atoms. The summed E-state index contributed by atoms with van der Waals surface area (Å²) in [6.45, 7) is 9.74. The molecule has 0 heterocycles. The number of aliphatic hydroxyl groups is 1. The summed E-state index contributed by atoms with van der Waals surface area (Å²) in [7, 11) is -9.93. The third kappa shape index (κ3) is 80.5. The van der Waals surface area contributed by atoms with Gasteiger partial charge in [-0.3, -0.25) is 37.3 Å². The molecule has 0 aliphatic carbocycles. The highest BCUT2D eigenvalue weighted by Crippen LogP contribution is 2.45. The maximum Gasteiger partial charge on any atom is 0.472 e. The summed E-state index contributed by atoms with van der Waals surface area (Å²) in [5.41, 5.74) is 0. The van der Waals surface area contributed by atoms with E-state index in [0.717, 1.165) is 102 Å². The molecule has 0 aromatic rings. The molecule has 0 aliphatic heterocycles. The Hall–Kier alpha value is -1.94. The van der Waals surface area contributed by atoms with Crippen molar-refractivity contribution in [3.63, 3.8) is 0 Å². The zero-order chi connectivity index (χ0) is 78.5. The summed E-state index contributed by atoms with van der Waals surface area (Å²) in [4.78, 5) is 73.3. The molecule has 0 aromatic heterocycles. The van der Waals surface area contributed by atoms with Crippen molar-refractivity contribution in [2.24, 2.45) is 11.8 Å². The molecular formula is C88H172O17P2. The van der Waals surface area contributed by atoms with Crippen molar-refractivity contribution in [3.05, 3.63) is 0 Å². The van der Waals surface area contributed by atoms with Crippen molar-refractivity contribution in [2.75, 3.05) is 39.6 Å². The number of hydrogen-bond donors (Lipinski definition) is 3. The van der Waals surface area contributed by atoms with Crippen LogP contribution < -0.4 is 0 Å². The Morgan fingerprint density at radius 2 is 0.477 bits per heavy atom. The zero-order valence-electron chi connectivity index (χ0n) is 70.5. The lowest BCUT2D eigenvalue weighted by Crippen LogP contribution is -2.30. The Bertz CT molecular complexity index is 2050. The lowest BCUT2D eigenvalue weighted by Gasteiger charge is -2.21. The standard InChI is InChI=1S/C88H172O17P2/c1-7-10-12-14-16-18-20-22-23-24-25-26-27-28-29-30-36-42-48-54-60-66-72-87(92)104-83(76-99-86(91)71-65-59-53-47-41-35-32-31-34-39-45-51-57-63-69-81(6)9-3)78-102-106(94,95)100-74-82(89)75-101-107(96,97)103-79-84(77-98-85(90)70-64-58-52-46-40-33-21-19-17-15-13-11-8-2)105-88(93)73-67-61-55-49-43-37-38-44-50-56-62-68-80(4)5/h80-84,89H,7-79H2,1-6H3,(H,94,95)(H,96,97)/t81?,82-,83-,84-/m1/s1. The van der Waals surface area contributed by atoms with Crippen molar-refractivity contribution < 1.29 is 80.2 Å². The van der Waals surface area contributed by atoms with Gasteiger partial charge in [-0.25, -0.2) is 9.13 Å². The van der Waals surface area contributed by atoms with Crippen molar-refractivity contribution >= 4 is 39.5 Å². The Balaban J connectivity index is 5.25. The first kappa shape index (κ1) is 105. The van der Waals surface area contributed by atoms with Crippen LogP contribution in [-0.4, -0.2) is 96.7 Å². The quantitative estimate of drug-likeness (QED) is 0.0222. The maximum absolute atomic E-state index is 13.2. The summed E-state index contributed by atoms with van der Waals surface area (Å²) in [6.07, 6.45) is 72.1. The summed E-state index contributed by atoms with van der Waals surface area (Å²) in [6, 6.07) is 0. The van der Waals surface area contributed by atoms with Gasteiger partial charge in [-0.15, -0.1) is 0 Å². The maximum atomic E-state index is 13.2. The molecular weight excluding hydrogens is 1390 g/mol. The molecule has 3 N–H and O–H groups in total. The number of rotatable bonds is 87. The Kier molecular flexibility index (Phi) is 77.9. The predicted molar refractivity (Wildman–Crippen MR) is 442 cm³/mol. The molecule has 0 rings (SSSR count). The Morgan fingerprint density at radius 3 is 0.710 bits per heavy atom. The van der Waals surface area contributed by atoms with Crippen LogP contribution in [0, 0.1) is 11.8 Å². The van der Waals surface area contributed by atoms with E-state index in [-0.39, 0.29) is 25.7 Å². The number of ether oxygens (including phenoxy) is 4. The summed E-state index contributed by atoms with van der Waals surface area (Å²) in [5, 5.41) is 10.7. The van der Waals surface area contributed by atoms with Gasteiger partial charge in [-0.05, 0) is 37.5 Å².